The molecule has 0 radical (unpaired) electrons. The molecular weight excluding hydrogens is 387 g/mol. The van der Waals surface area contributed by atoms with Crippen LogP contribution in [-0.2, 0) is 11.8 Å². The molecule has 1 aromatic heterocycles. The highest BCUT2D eigenvalue weighted by Crippen LogP contribution is 2.24. The predicted octanol–water partition coefficient (Wildman–Crippen LogP) is 2.62. The van der Waals surface area contributed by atoms with Gasteiger partial charge in [-0.1, -0.05) is 5.92 Å². The Morgan fingerprint density at radius 2 is 1.87 bits per heavy atom. The van der Waals surface area contributed by atoms with Crippen molar-refractivity contribution in [3.63, 3.8) is 0 Å². The van der Waals surface area contributed by atoms with Gasteiger partial charge in [0.25, 0.3) is 17.6 Å². The summed E-state index contributed by atoms with van der Waals surface area (Å²) in [4.78, 5) is 37.9. The largest absolute Gasteiger partial charge is 0.343 e. The number of nitrogens with zero attached hydrogens (tertiary/aromatic N) is 2. The molecule has 0 bridgehead atoms. The fourth-order valence-corrected chi connectivity index (χ4v) is 3.00. The van der Waals surface area contributed by atoms with E-state index in [1.165, 1.54) is 16.7 Å². The molecule has 0 saturated carbocycles. The van der Waals surface area contributed by atoms with Gasteiger partial charge in [-0.05, 0) is 51.5 Å². The number of benzene rings is 1. The number of nitriles is 1. The zero-order valence-electron chi connectivity index (χ0n) is 17.3. The average molecular weight is 408 g/mol. The van der Waals surface area contributed by atoms with E-state index in [0.717, 1.165) is 6.07 Å². The van der Waals surface area contributed by atoms with Gasteiger partial charge in [0.15, 0.2) is 0 Å². The van der Waals surface area contributed by atoms with Crippen molar-refractivity contribution in [1.29, 1.82) is 5.26 Å². The number of carbonyl (C=O) groups excluding carboxylic acids is 3. The first-order chi connectivity index (χ1) is 13.9. The number of amides is 2. The number of terminal acetylenes is 1. The van der Waals surface area contributed by atoms with Crippen LogP contribution in [0.25, 0.3) is 0 Å². The van der Waals surface area contributed by atoms with Crippen LogP contribution < -0.4 is 10.6 Å². The highest BCUT2D eigenvalue weighted by Gasteiger charge is 2.30. The van der Waals surface area contributed by atoms with Gasteiger partial charge in [-0.15, -0.1) is 6.42 Å². The van der Waals surface area contributed by atoms with Crippen molar-refractivity contribution in [2.45, 2.75) is 33.2 Å². The molecule has 0 atom stereocenters. The number of halogens is 1. The quantitative estimate of drug-likeness (QED) is 0.451. The molecule has 0 aliphatic rings. The maximum atomic E-state index is 13.5. The third-order valence-corrected chi connectivity index (χ3v) is 4.71. The molecule has 154 valence electrons. The molecule has 2 aromatic rings. The number of hydrogen-bond acceptors (Lipinski definition) is 4. The van der Waals surface area contributed by atoms with E-state index in [0.29, 0.717) is 11.3 Å². The summed E-state index contributed by atoms with van der Waals surface area (Å²) in [5.41, 5.74) is -0.00635. The molecule has 1 heterocycles. The normalized spacial score (nSPS) is 10.7. The zero-order valence-corrected chi connectivity index (χ0v) is 17.3. The van der Waals surface area contributed by atoms with Crippen LogP contribution in [-0.4, -0.2) is 27.7 Å². The van der Waals surface area contributed by atoms with E-state index in [4.69, 9.17) is 11.7 Å². The van der Waals surface area contributed by atoms with Gasteiger partial charge >= 0.3 is 0 Å². The van der Waals surface area contributed by atoms with Crippen molar-refractivity contribution in [2.75, 3.05) is 5.32 Å². The molecule has 0 spiro atoms. The monoisotopic (exact) mass is 408 g/mol. The maximum absolute atomic E-state index is 13.5. The zero-order chi connectivity index (χ0) is 22.8. The van der Waals surface area contributed by atoms with Crippen LogP contribution in [0.1, 0.15) is 51.5 Å². The molecule has 2 rings (SSSR count). The molecule has 1 aromatic carbocycles. The number of anilines is 1. The number of nitrogens with one attached hydrogen (secondary N) is 2. The minimum atomic E-state index is -1.01. The number of carbonyl (C=O) groups is 3. The summed E-state index contributed by atoms with van der Waals surface area (Å²) in [7, 11) is 1.59. The molecule has 8 heteroatoms. The summed E-state index contributed by atoms with van der Waals surface area (Å²) in [5, 5.41) is 14.0. The molecule has 2 amide bonds. The lowest BCUT2D eigenvalue weighted by Crippen LogP contribution is -2.45. The number of ketones is 1. The summed E-state index contributed by atoms with van der Waals surface area (Å²) in [5.74, 6) is -0.576. The van der Waals surface area contributed by atoms with E-state index >= 15 is 0 Å². The van der Waals surface area contributed by atoms with Gasteiger partial charge in [-0.25, -0.2) is 4.39 Å². The van der Waals surface area contributed by atoms with Crippen LogP contribution in [0.4, 0.5) is 10.1 Å². The summed E-state index contributed by atoms with van der Waals surface area (Å²) in [6.45, 7) is 6.34. The van der Waals surface area contributed by atoms with E-state index in [-0.39, 0.29) is 22.5 Å². The summed E-state index contributed by atoms with van der Waals surface area (Å²) in [6, 6.07) is 5.30. The number of Topliss-reactive ketones (excluding diaryl/α,β-unsaturated/α-hetero) is 1. The van der Waals surface area contributed by atoms with Crippen LogP contribution >= 0.6 is 0 Å². The fourth-order valence-electron chi connectivity index (χ4n) is 3.00. The highest BCUT2D eigenvalue weighted by atomic mass is 19.1. The van der Waals surface area contributed by atoms with Crippen LogP contribution in [0.3, 0.4) is 0 Å². The Bertz CT molecular complexity index is 1150. The third-order valence-electron chi connectivity index (χ3n) is 4.71. The summed E-state index contributed by atoms with van der Waals surface area (Å²) in [6.07, 6.45) is 5.35. The van der Waals surface area contributed by atoms with E-state index in [1.807, 2.05) is 0 Å². The van der Waals surface area contributed by atoms with E-state index in [2.05, 4.69) is 16.6 Å². The third kappa shape index (κ3) is 4.23. The van der Waals surface area contributed by atoms with Gasteiger partial charge in [0.1, 0.15) is 17.6 Å². The summed E-state index contributed by atoms with van der Waals surface area (Å²) >= 11 is 0. The fraction of sp³-hybridized carbons (Fsp3) is 0.273. The second kappa shape index (κ2) is 8.22. The first-order valence-corrected chi connectivity index (χ1v) is 8.95. The number of rotatable bonds is 5. The maximum Gasteiger partial charge on any atom is 0.293 e. The molecule has 0 aliphatic carbocycles. The van der Waals surface area contributed by atoms with Crippen molar-refractivity contribution < 1.29 is 18.8 Å². The molecule has 0 unspecified atom stereocenters. The van der Waals surface area contributed by atoms with E-state index < -0.39 is 29.0 Å². The molecular formula is C22H21FN4O3. The van der Waals surface area contributed by atoms with Gasteiger partial charge in [-0.2, -0.15) is 5.26 Å². The SMILES string of the molecule is C#CC(C)(C)NC(=O)C(=O)c1c(C)c(C(=O)Nc2ccc(F)c(C#N)c2)n(C)c1C. The average Bonchev–Trinajstić information content (AvgIpc) is 2.91. The van der Waals surface area contributed by atoms with Gasteiger partial charge in [0.2, 0.25) is 0 Å². The van der Waals surface area contributed by atoms with Crippen molar-refractivity contribution in [2.24, 2.45) is 7.05 Å². The Labute approximate surface area is 173 Å². The lowest BCUT2D eigenvalue weighted by molar-refractivity contribution is -0.118. The Morgan fingerprint density at radius 3 is 2.43 bits per heavy atom. The lowest BCUT2D eigenvalue weighted by atomic mass is 10.0. The van der Waals surface area contributed by atoms with Crippen LogP contribution in [0.5, 0.6) is 0 Å². The van der Waals surface area contributed by atoms with Crippen LogP contribution in [0.2, 0.25) is 0 Å². The number of aromatic nitrogens is 1. The van der Waals surface area contributed by atoms with E-state index in [1.54, 1.807) is 40.8 Å². The smallest absolute Gasteiger partial charge is 0.293 e. The van der Waals surface area contributed by atoms with Crippen molar-refractivity contribution in [3.8, 4) is 18.4 Å². The Morgan fingerprint density at radius 1 is 1.23 bits per heavy atom. The predicted molar refractivity (Wildman–Crippen MR) is 109 cm³/mol. The second-order valence-electron chi connectivity index (χ2n) is 7.31. The highest BCUT2D eigenvalue weighted by molar-refractivity contribution is 6.43. The van der Waals surface area contributed by atoms with E-state index in [9.17, 15) is 18.8 Å². The molecule has 0 saturated heterocycles. The summed E-state index contributed by atoms with van der Waals surface area (Å²) < 4.78 is 15.0. The van der Waals surface area contributed by atoms with Crippen molar-refractivity contribution >= 4 is 23.3 Å². The van der Waals surface area contributed by atoms with Gasteiger partial charge in [0.05, 0.1) is 16.7 Å². The van der Waals surface area contributed by atoms with Crippen molar-refractivity contribution in [3.05, 3.63) is 52.1 Å². The Balaban J connectivity index is 2.39. The molecule has 7 nitrogen and oxygen atoms in total. The van der Waals surface area contributed by atoms with Crippen LogP contribution in [0, 0.1) is 43.3 Å². The molecule has 0 fully saturated rings. The standard InChI is InChI=1S/C22H21FN4O3/c1-7-22(4,5)26-21(30)19(28)17-12(2)18(27(6)13(17)3)20(29)25-15-8-9-16(23)14(10-15)11-24/h1,8-10H,2-6H3,(H,25,29)(H,26,30). The first-order valence-electron chi connectivity index (χ1n) is 8.95. The minimum absolute atomic E-state index is 0.102. The minimum Gasteiger partial charge on any atom is -0.343 e. The number of hydrogen-bond donors (Lipinski definition) is 2. The molecule has 0 aliphatic heterocycles. The van der Waals surface area contributed by atoms with Gasteiger partial charge in [0, 0.05) is 18.4 Å². The topological polar surface area (TPSA) is 104 Å². The molecule has 30 heavy (non-hydrogen) atoms. The molecule has 2 N–H and O–H groups in total. The Kier molecular flexibility index (Phi) is 6.13. The Hall–Kier alpha value is -3.91. The second-order valence-corrected chi connectivity index (χ2v) is 7.31. The first kappa shape index (κ1) is 22.4. The van der Waals surface area contributed by atoms with Gasteiger partial charge in [-0.3, -0.25) is 14.4 Å². The lowest BCUT2D eigenvalue weighted by Gasteiger charge is -2.18. The van der Waals surface area contributed by atoms with Crippen molar-refractivity contribution in [1.82, 2.24) is 9.88 Å². The van der Waals surface area contributed by atoms with Gasteiger partial charge < -0.3 is 15.2 Å². The van der Waals surface area contributed by atoms with Crippen LogP contribution in [0.15, 0.2) is 18.2 Å².